The van der Waals surface area contributed by atoms with Crippen molar-refractivity contribution in [1.82, 2.24) is 0 Å². The Morgan fingerprint density at radius 1 is 0.744 bits per heavy atom. The molecular weight excluding hydrogens is 526 g/mol. The van der Waals surface area contributed by atoms with Crippen molar-refractivity contribution >= 4 is 11.5 Å². The summed E-state index contributed by atoms with van der Waals surface area (Å²) in [7, 11) is 0. The highest BCUT2D eigenvalue weighted by atomic mass is 19.2. The number of benzene rings is 3. The summed E-state index contributed by atoms with van der Waals surface area (Å²) in [5.41, 5.74) is -0.228. The van der Waals surface area contributed by atoms with Gasteiger partial charge in [-0.2, -0.15) is 13.2 Å². The highest BCUT2D eigenvalue weighted by Crippen LogP contribution is 2.39. The first-order chi connectivity index (χ1) is 18.7. The minimum absolute atomic E-state index is 0.0176. The van der Waals surface area contributed by atoms with Gasteiger partial charge in [-0.05, 0) is 80.5 Å². The van der Waals surface area contributed by atoms with E-state index in [0.29, 0.717) is 12.0 Å². The lowest BCUT2D eigenvalue weighted by atomic mass is 9.82. The van der Waals surface area contributed by atoms with Gasteiger partial charge in [-0.15, -0.1) is 0 Å². The molecule has 1 aliphatic rings. The summed E-state index contributed by atoms with van der Waals surface area (Å²) >= 11 is 0. The SMILES string of the molecule is CCOc1ccc(OC(=O)c2ccc(C3CC=C(c4ccc(OCC)c(F)c4F)CC3)c(F)c2F)c(F)c1F. The van der Waals surface area contributed by atoms with E-state index in [0.717, 1.165) is 18.2 Å². The number of hydrogen-bond acceptors (Lipinski definition) is 4. The Kier molecular flexibility index (Phi) is 8.52. The van der Waals surface area contributed by atoms with Gasteiger partial charge in [-0.25, -0.2) is 18.0 Å². The van der Waals surface area contributed by atoms with Crippen molar-refractivity contribution in [2.45, 2.75) is 39.0 Å². The van der Waals surface area contributed by atoms with Crippen molar-refractivity contribution in [3.8, 4) is 17.2 Å². The first-order valence-electron chi connectivity index (χ1n) is 12.3. The van der Waals surface area contributed by atoms with Crippen LogP contribution < -0.4 is 14.2 Å². The van der Waals surface area contributed by atoms with Crippen LogP contribution in [0.2, 0.25) is 0 Å². The second-order valence-corrected chi connectivity index (χ2v) is 8.72. The van der Waals surface area contributed by atoms with Gasteiger partial charge in [0, 0.05) is 5.56 Å². The molecular formula is C29H24F6O4. The quantitative estimate of drug-likeness (QED) is 0.163. The summed E-state index contributed by atoms with van der Waals surface area (Å²) in [6.07, 6.45) is 2.41. The van der Waals surface area contributed by atoms with Crippen molar-refractivity contribution in [2.24, 2.45) is 0 Å². The van der Waals surface area contributed by atoms with E-state index in [4.69, 9.17) is 14.2 Å². The molecule has 0 heterocycles. The first kappa shape index (κ1) is 28.1. The Morgan fingerprint density at radius 3 is 1.95 bits per heavy atom. The molecule has 206 valence electrons. The molecule has 10 heteroatoms. The van der Waals surface area contributed by atoms with Crippen molar-refractivity contribution < 1.29 is 45.3 Å². The van der Waals surface area contributed by atoms with Crippen molar-refractivity contribution in [2.75, 3.05) is 13.2 Å². The predicted octanol–water partition coefficient (Wildman–Crippen LogP) is 7.89. The fourth-order valence-electron chi connectivity index (χ4n) is 4.46. The van der Waals surface area contributed by atoms with Gasteiger partial charge in [-0.3, -0.25) is 0 Å². The van der Waals surface area contributed by atoms with E-state index in [-0.39, 0.29) is 42.9 Å². The zero-order valence-electron chi connectivity index (χ0n) is 21.1. The van der Waals surface area contributed by atoms with E-state index >= 15 is 4.39 Å². The van der Waals surface area contributed by atoms with Crippen LogP contribution in [0.3, 0.4) is 0 Å². The number of esters is 1. The molecule has 3 aromatic carbocycles. The summed E-state index contributed by atoms with van der Waals surface area (Å²) in [4.78, 5) is 12.4. The first-order valence-corrected chi connectivity index (χ1v) is 12.3. The second-order valence-electron chi connectivity index (χ2n) is 8.72. The topological polar surface area (TPSA) is 44.8 Å². The number of allylic oxidation sites excluding steroid dienone is 2. The van der Waals surface area contributed by atoms with Crippen LogP contribution in [-0.2, 0) is 0 Å². The molecule has 0 saturated heterocycles. The molecule has 0 aromatic heterocycles. The largest absolute Gasteiger partial charge is 0.491 e. The minimum atomic E-state index is -1.51. The van der Waals surface area contributed by atoms with Crippen LogP contribution in [-0.4, -0.2) is 19.2 Å². The van der Waals surface area contributed by atoms with Crippen LogP contribution in [0.25, 0.3) is 5.57 Å². The van der Waals surface area contributed by atoms with E-state index in [1.165, 1.54) is 18.2 Å². The molecule has 0 amide bonds. The minimum Gasteiger partial charge on any atom is -0.491 e. The Hall–Kier alpha value is -3.95. The third kappa shape index (κ3) is 5.60. The standard InChI is InChI=1S/C29H24F6O4/c1-3-37-20-12-11-18(24(31)26(20)33)16-7-5-15(6-8-16)17-9-10-19(25(32)23(17)30)29(36)39-22-14-13-21(38-4-2)27(34)28(22)35/h7,9-15H,3-6,8H2,1-2H3. The van der Waals surface area contributed by atoms with E-state index in [9.17, 15) is 26.7 Å². The third-order valence-corrected chi connectivity index (χ3v) is 6.39. The van der Waals surface area contributed by atoms with Gasteiger partial charge in [0.1, 0.15) is 0 Å². The van der Waals surface area contributed by atoms with Crippen LogP contribution in [0.15, 0.2) is 42.5 Å². The molecule has 1 aliphatic carbocycles. The summed E-state index contributed by atoms with van der Waals surface area (Å²) in [5.74, 6) is -11.1. The van der Waals surface area contributed by atoms with Crippen LogP contribution in [0.5, 0.6) is 17.2 Å². The van der Waals surface area contributed by atoms with Crippen molar-refractivity contribution in [1.29, 1.82) is 0 Å². The molecule has 4 rings (SSSR count). The number of halogens is 6. The molecule has 0 radical (unpaired) electrons. The summed E-state index contributed by atoms with van der Waals surface area (Å²) in [6, 6.07) is 6.95. The Labute approximate surface area is 220 Å². The Balaban J connectivity index is 1.51. The lowest BCUT2D eigenvalue weighted by molar-refractivity contribution is 0.0720. The fourth-order valence-corrected chi connectivity index (χ4v) is 4.46. The van der Waals surface area contributed by atoms with Crippen LogP contribution >= 0.6 is 0 Å². The van der Waals surface area contributed by atoms with Crippen LogP contribution in [0, 0.1) is 34.9 Å². The maximum atomic E-state index is 15.0. The number of carbonyl (C=O) groups excluding carboxylic acids is 1. The lowest BCUT2D eigenvalue weighted by Crippen LogP contribution is -2.15. The van der Waals surface area contributed by atoms with Gasteiger partial charge in [-0.1, -0.05) is 12.1 Å². The summed E-state index contributed by atoms with van der Waals surface area (Å²) < 4.78 is 102. The van der Waals surface area contributed by atoms with Crippen LogP contribution in [0.1, 0.15) is 60.5 Å². The molecule has 0 N–H and O–H groups in total. The summed E-state index contributed by atoms with van der Waals surface area (Å²) in [6.45, 7) is 3.46. The highest BCUT2D eigenvalue weighted by molar-refractivity contribution is 5.91. The molecule has 4 nitrogen and oxygen atoms in total. The van der Waals surface area contributed by atoms with Gasteiger partial charge in [0.2, 0.25) is 17.5 Å². The van der Waals surface area contributed by atoms with E-state index in [1.807, 2.05) is 0 Å². The molecule has 0 bridgehead atoms. The maximum absolute atomic E-state index is 15.0. The molecule has 0 saturated carbocycles. The molecule has 0 aliphatic heterocycles. The molecule has 3 aromatic rings. The number of rotatable bonds is 8. The Morgan fingerprint density at radius 2 is 1.33 bits per heavy atom. The van der Waals surface area contributed by atoms with Crippen LogP contribution in [0.4, 0.5) is 26.3 Å². The molecule has 39 heavy (non-hydrogen) atoms. The monoisotopic (exact) mass is 550 g/mol. The van der Waals surface area contributed by atoms with Gasteiger partial charge in [0.25, 0.3) is 0 Å². The summed E-state index contributed by atoms with van der Waals surface area (Å²) in [5, 5.41) is 0. The second kappa shape index (κ2) is 11.8. The average Bonchev–Trinajstić information content (AvgIpc) is 2.93. The predicted molar refractivity (Wildman–Crippen MR) is 131 cm³/mol. The molecule has 0 fully saturated rings. The van der Waals surface area contributed by atoms with Gasteiger partial charge >= 0.3 is 5.97 Å². The number of ether oxygens (including phenoxy) is 3. The highest BCUT2D eigenvalue weighted by Gasteiger charge is 2.28. The molecule has 1 atom stereocenters. The number of hydrogen-bond donors (Lipinski definition) is 0. The zero-order valence-corrected chi connectivity index (χ0v) is 21.1. The fraction of sp³-hybridized carbons (Fsp3) is 0.276. The third-order valence-electron chi connectivity index (χ3n) is 6.39. The number of carbonyl (C=O) groups is 1. The zero-order chi connectivity index (χ0) is 28.3. The normalized spacial score (nSPS) is 15.1. The van der Waals surface area contributed by atoms with Gasteiger partial charge in [0.15, 0.2) is 34.7 Å². The van der Waals surface area contributed by atoms with Gasteiger partial charge in [0.05, 0.1) is 18.8 Å². The smallest absolute Gasteiger partial charge is 0.346 e. The van der Waals surface area contributed by atoms with Crippen molar-refractivity contribution in [3.05, 3.63) is 94.1 Å². The lowest BCUT2D eigenvalue weighted by Gasteiger charge is -2.24. The Bertz CT molecular complexity index is 1440. The molecule has 1 unspecified atom stereocenters. The average molecular weight is 550 g/mol. The molecule has 0 spiro atoms. The van der Waals surface area contributed by atoms with Gasteiger partial charge < -0.3 is 14.2 Å². The maximum Gasteiger partial charge on any atom is 0.346 e. The van der Waals surface area contributed by atoms with E-state index < -0.39 is 63.9 Å². The van der Waals surface area contributed by atoms with E-state index in [2.05, 4.69) is 0 Å². The van der Waals surface area contributed by atoms with E-state index in [1.54, 1.807) is 19.9 Å². The van der Waals surface area contributed by atoms with Crippen molar-refractivity contribution in [3.63, 3.8) is 0 Å².